The predicted octanol–water partition coefficient (Wildman–Crippen LogP) is 0.802. The number of nitrogens with zero attached hydrogens (tertiary/aromatic N) is 2. The molecule has 78 valence electrons. The fourth-order valence-electron chi connectivity index (χ4n) is 1.90. The highest BCUT2D eigenvalue weighted by molar-refractivity contribution is 7.99. The molecule has 0 saturated carbocycles. The normalized spacial score (nSPS) is 30.1. The predicted molar refractivity (Wildman–Crippen MR) is 55.9 cm³/mol. The number of rotatable bonds is 1. The first-order valence-corrected chi connectivity index (χ1v) is 6.03. The van der Waals surface area contributed by atoms with E-state index in [-0.39, 0.29) is 11.8 Å². The van der Waals surface area contributed by atoms with Crippen molar-refractivity contribution in [2.75, 3.05) is 24.6 Å². The molecule has 4 nitrogen and oxygen atoms in total. The molecule has 14 heavy (non-hydrogen) atoms. The van der Waals surface area contributed by atoms with Crippen molar-refractivity contribution < 1.29 is 10.0 Å². The van der Waals surface area contributed by atoms with Gasteiger partial charge in [0.25, 0.3) is 0 Å². The van der Waals surface area contributed by atoms with Crippen molar-refractivity contribution in [1.29, 1.82) is 0 Å². The summed E-state index contributed by atoms with van der Waals surface area (Å²) in [6.07, 6.45) is 1.73. The molecule has 0 aliphatic carbocycles. The van der Waals surface area contributed by atoms with Gasteiger partial charge >= 0.3 is 0 Å². The van der Waals surface area contributed by atoms with Gasteiger partial charge in [-0.2, -0.15) is 11.8 Å². The first-order valence-electron chi connectivity index (χ1n) is 4.87. The van der Waals surface area contributed by atoms with Gasteiger partial charge in [-0.05, 0) is 12.2 Å². The number of thioether (sulfide) groups is 1. The minimum absolute atomic E-state index is 0.207. The molecule has 2 fully saturated rings. The number of carbonyl (C=O) groups is 1. The molecule has 0 radical (unpaired) electrons. The Morgan fingerprint density at radius 1 is 1.64 bits per heavy atom. The molecular weight excluding hydrogens is 200 g/mol. The molecule has 2 aliphatic rings. The topological polar surface area (TPSA) is 52.9 Å². The maximum Gasteiger partial charge on any atom is 0.226 e. The summed E-state index contributed by atoms with van der Waals surface area (Å²) in [4.78, 5) is 13.7. The average molecular weight is 214 g/mol. The van der Waals surface area contributed by atoms with Crippen molar-refractivity contribution in [1.82, 2.24) is 4.90 Å². The van der Waals surface area contributed by atoms with Gasteiger partial charge in [0.1, 0.15) is 0 Å². The molecular formula is C9H14N2O2S. The first-order chi connectivity index (χ1) is 6.81. The van der Waals surface area contributed by atoms with Gasteiger partial charge in [0.15, 0.2) is 0 Å². The number of hydrogen-bond acceptors (Lipinski definition) is 4. The van der Waals surface area contributed by atoms with Gasteiger partial charge in [-0.25, -0.2) is 0 Å². The Labute approximate surface area is 87.3 Å². The van der Waals surface area contributed by atoms with E-state index in [9.17, 15) is 4.79 Å². The lowest BCUT2D eigenvalue weighted by molar-refractivity contribution is -0.133. The van der Waals surface area contributed by atoms with Gasteiger partial charge in [-0.1, -0.05) is 5.16 Å². The van der Waals surface area contributed by atoms with Crippen LogP contribution in [0.2, 0.25) is 0 Å². The maximum atomic E-state index is 11.9. The van der Waals surface area contributed by atoms with Crippen LogP contribution < -0.4 is 0 Å². The van der Waals surface area contributed by atoms with Crippen molar-refractivity contribution in [3.05, 3.63) is 0 Å². The first kappa shape index (κ1) is 9.83. The fourth-order valence-corrected chi connectivity index (χ4v) is 3.11. The molecule has 2 heterocycles. The lowest BCUT2D eigenvalue weighted by Crippen LogP contribution is -2.34. The van der Waals surface area contributed by atoms with Gasteiger partial charge < -0.3 is 10.1 Å². The molecule has 2 rings (SSSR count). The van der Waals surface area contributed by atoms with E-state index in [1.165, 1.54) is 0 Å². The van der Waals surface area contributed by atoms with Gasteiger partial charge in [0, 0.05) is 24.6 Å². The minimum Gasteiger partial charge on any atom is -0.411 e. The van der Waals surface area contributed by atoms with Crippen molar-refractivity contribution in [3.8, 4) is 0 Å². The second kappa shape index (κ2) is 4.21. The summed E-state index contributed by atoms with van der Waals surface area (Å²) >= 11 is 1.85. The Bertz CT molecular complexity index is 262. The zero-order chi connectivity index (χ0) is 9.97. The summed E-state index contributed by atoms with van der Waals surface area (Å²) in [6.45, 7) is 1.25. The summed E-state index contributed by atoms with van der Waals surface area (Å²) in [5.74, 6) is 2.51. The molecule has 2 saturated heterocycles. The van der Waals surface area contributed by atoms with Crippen LogP contribution in [0.5, 0.6) is 0 Å². The summed E-state index contributed by atoms with van der Waals surface area (Å²) in [7, 11) is 0. The SMILES string of the molecule is O=C(C1CCSC1)N1CC/C(=N\O)C1. The molecule has 1 amide bonds. The second-order valence-electron chi connectivity index (χ2n) is 3.74. The van der Waals surface area contributed by atoms with Crippen molar-refractivity contribution in [2.45, 2.75) is 12.8 Å². The highest BCUT2D eigenvalue weighted by atomic mass is 32.2. The number of likely N-dealkylation sites (tertiary alicyclic amines) is 1. The van der Waals surface area contributed by atoms with Crippen LogP contribution in [0.25, 0.3) is 0 Å². The Morgan fingerprint density at radius 3 is 3.07 bits per heavy atom. The van der Waals surface area contributed by atoms with Crippen LogP contribution >= 0.6 is 11.8 Å². The molecule has 1 atom stereocenters. The minimum atomic E-state index is 0.207. The summed E-state index contributed by atoms with van der Waals surface area (Å²) in [5.41, 5.74) is 0.726. The van der Waals surface area contributed by atoms with E-state index in [2.05, 4.69) is 5.16 Å². The van der Waals surface area contributed by atoms with Crippen molar-refractivity contribution >= 4 is 23.4 Å². The van der Waals surface area contributed by atoms with E-state index in [4.69, 9.17) is 5.21 Å². The van der Waals surface area contributed by atoms with Crippen molar-refractivity contribution in [3.63, 3.8) is 0 Å². The number of hydrogen-bond donors (Lipinski definition) is 1. The lowest BCUT2D eigenvalue weighted by atomic mass is 10.1. The van der Waals surface area contributed by atoms with Gasteiger partial charge in [0.2, 0.25) is 5.91 Å². The van der Waals surface area contributed by atoms with Crippen LogP contribution in [0.1, 0.15) is 12.8 Å². The van der Waals surface area contributed by atoms with E-state index in [1.807, 2.05) is 16.7 Å². The molecule has 1 unspecified atom stereocenters. The Morgan fingerprint density at radius 2 is 2.50 bits per heavy atom. The van der Waals surface area contributed by atoms with Crippen LogP contribution in [0.3, 0.4) is 0 Å². The van der Waals surface area contributed by atoms with E-state index >= 15 is 0 Å². The third-order valence-electron chi connectivity index (χ3n) is 2.78. The molecule has 5 heteroatoms. The number of oxime groups is 1. The van der Waals surface area contributed by atoms with Crippen LogP contribution in [0.15, 0.2) is 5.16 Å². The average Bonchev–Trinajstić information content (AvgIpc) is 2.88. The van der Waals surface area contributed by atoms with E-state index in [0.717, 1.165) is 36.6 Å². The Balaban J connectivity index is 1.92. The molecule has 0 bridgehead atoms. The van der Waals surface area contributed by atoms with Crippen LogP contribution in [-0.4, -0.2) is 46.3 Å². The van der Waals surface area contributed by atoms with E-state index < -0.39 is 0 Å². The van der Waals surface area contributed by atoms with Gasteiger partial charge in [-0.15, -0.1) is 0 Å². The van der Waals surface area contributed by atoms with Gasteiger partial charge in [-0.3, -0.25) is 4.79 Å². The monoisotopic (exact) mass is 214 g/mol. The largest absolute Gasteiger partial charge is 0.411 e. The van der Waals surface area contributed by atoms with E-state index in [1.54, 1.807) is 0 Å². The Kier molecular flexibility index (Phi) is 2.96. The molecule has 0 aromatic heterocycles. The molecule has 2 aliphatic heterocycles. The van der Waals surface area contributed by atoms with Crippen LogP contribution in [-0.2, 0) is 4.79 Å². The summed E-state index contributed by atoms with van der Waals surface area (Å²) < 4.78 is 0. The standard InChI is InChI=1S/C9H14N2O2S/c12-9(7-2-4-14-6-7)11-3-1-8(5-11)10-13/h7,13H,1-6H2/b10-8+. The number of amides is 1. The smallest absolute Gasteiger partial charge is 0.226 e. The molecule has 0 aromatic carbocycles. The zero-order valence-corrected chi connectivity index (χ0v) is 8.79. The van der Waals surface area contributed by atoms with E-state index in [0.29, 0.717) is 6.54 Å². The third-order valence-corrected chi connectivity index (χ3v) is 3.94. The molecule has 0 aromatic rings. The second-order valence-corrected chi connectivity index (χ2v) is 4.89. The van der Waals surface area contributed by atoms with Gasteiger partial charge in [0.05, 0.1) is 12.3 Å². The number of carbonyl (C=O) groups excluding carboxylic acids is 1. The van der Waals surface area contributed by atoms with Crippen LogP contribution in [0, 0.1) is 5.92 Å². The zero-order valence-electron chi connectivity index (χ0n) is 7.98. The maximum absolute atomic E-state index is 11.9. The molecule has 0 spiro atoms. The summed E-state index contributed by atoms with van der Waals surface area (Å²) in [6, 6.07) is 0. The fraction of sp³-hybridized carbons (Fsp3) is 0.778. The van der Waals surface area contributed by atoms with Crippen molar-refractivity contribution in [2.24, 2.45) is 11.1 Å². The summed E-state index contributed by atoms with van der Waals surface area (Å²) in [5, 5.41) is 11.7. The Hall–Kier alpha value is -0.710. The lowest BCUT2D eigenvalue weighted by Gasteiger charge is -2.18. The third kappa shape index (κ3) is 1.87. The van der Waals surface area contributed by atoms with Crippen LogP contribution in [0.4, 0.5) is 0 Å². The molecule has 1 N–H and O–H groups in total. The highest BCUT2D eigenvalue weighted by Crippen LogP contribution is 2.26. The quantitative estimate of drug-likeness (QED) is 0.519. The highest BCUT2D eigenvalue weighted by Gasteiger charge is 2.30.